The normalized spacial score (nSPS) is 20.7. The quantitative estimate of drug-likeness (QED) is 0.603. The minimum Gasteiger partial charge on any atom is -0.345 e. The first kappa shape index (κ1) is 24.6. The van der Waals surface area contributed by atoms with Gasteiger partial charge in [0.05, 0.1) is 11.7 Å². The molecule has 2 atom stereocenters. The Balaban J connectivity index is 0.000000238. The molecule has 0 spiro atoms. The van der Waals surface area contributed by atoms with Gasteiger partial charge in [-0.3, -0.25) is 4.40 Å². The van der Waals surface area contributed by atoms with Crippen molar-refractivity contribution < 1.29 is 9.59 Å². The monoisotopic (exact) mass is 429 g/mol. The smallest absolute Gasteiger partial charge is 0.179 e. The number of nitrogens with zero attached hydrogens (tertiary/aromatic N) is 5. The van der Waals surface area contributed by atoms with Crippen LogP contribution in [-0.2, 0) is 9.59 Å². The molecule has 9 nitrogen and oxygen atoms in total. The van der Waals surface area contributed by atoms with Crippen molar-refractivity contribution >= 4 is 29.9 Å². The first-order chi connectivity index (χ1) is 15.2. The largest absolute Gasteiger partial charge is 0.345 e. The molecule has 31 heavy (non-hydrogen) atoms. The third-order valence-corrected chi connectivity index (χ3v) is 5.75. The van der Waals surface area contributed by atoms with Gasteiger partial charge >= 0.3 is 0 Å². The lowest BCUT2D eigenvalue weighted by molar-refractivity contribution is -0.106. The van der Waals surface area contributed by atoms with Crippen LogP contribution in [0.4, 0.5) is 0 Å². The summed E-state index contributed by atoms with van der Waals surface area (Å²) in [5.74, 6) is 1.55. The van der Waals surface area contributed by atoms with Crippen LogP contribution in [0.2, 0.25) is 0 Å². The molecule has 9 heteroatoms. The van der Waals surface area contributed by atoms with Crippen molar-refractivity contribution in [3.05, 3.63) is 24.3 Å². The van der Waals surface area contributed by atoms with E-state index in [1.54, 1.807) is 6.20 Å². The number of hydrogen-bond donors (Lipinski definition) is 2. The summed E-state index contributed by atoms with van der Waals surface area (Å²) in [7, 11) is 4.22. The van der Waals surface area contributed by atoms with Crippen LogP contribution in [0.3, 0.4) is 0 Å². The average molecular weight is 430 g/mol. The Morgan fingerprint density at radius 1 is 1.19 bits per heavy atom. The van der Waals surface area contributed by atoms with E-state index >= 15 is 0 Å². The van der Waals surface area contributed by atoms with Crippen LogP contribution < -0.4 is 5.32 Å². The summed E-state index contributed by atoms with van der Waals surface area (Å²) < 4.78 is 2.14. The zero-order valence-corrected chi connectivity index (χ0v) is 18.9. The molecule has 3 aromatic rings. The summed E-state index contributed by atoms with van der Waals surface area (Å²) in [5.41, 5.74) is 2.78. The second-order valence-electron chi connectivity index (χ2n) is 7.82. The van der Waals surface area contributed by atoms with Crippen molar-refractivity contribution in [3.8, 4) is 0 Å². The molecule has 2 aliphatic rings. The standard InChI is InChI=1S/C13H16N6.C6H13N.C2H4O.CH2O/c1-14-9-3-2-8(6-9)13-18-17-11-7-16-12-10(19(11)13)4-5-15-12;1-7-5-3-2-4-6-7;1-2-3;1-2/h4-5,7-9,14-15H,2-3,6H2,1H3;2-6H2,1H3;2H,1H3;1H2/t8-,9+;;;/m1.../s1. The molecule has 1 aliphatic heterocycles. The lowest BCUT2D eigenvalue weighted by Crippen LogP contribution is -2.24. The molecule has 0 amide bonds. The molecule has 170 valence electrons. The van der Waals surface area contributed by atoms with E-state index in [0.29, 0.717) is 12.0 Å². The Morgan fingerprint density at radius 2 is 1.90 bits per heavy atom. The molecule has 2 N–H and O–H groups in total. The van der Waals surface area contributed by atoms with Gasteiger partial charge in [0.2, 0.25) is 0 Å². The maximum atomic E-state index is 8.81. The van der Waals surface area contributed by atoms with Crippen LogP contribution in [0, 0.1) is 0 Å². The number of nitrogens with one attached hydrogen (secondary N) is 2. The predicted molar refractivity (Wildman–Crippen MR) is 122 cm³/mol. The van der Waals surface area contributed by atoms with Crippen LogP contribution in [-0.4, -0.2) is 75.8 Å². The van der Waals surface area contributed by atoms with Gasteiger partial charge < -0.3 is 24.8 Å². The molecule has 5 rings (SSSR count). The van der Waals surface area contributed by atoms with E-state index < -0.39 is 0 Å². The van der Waals surface area contributed by atoms with Gasteiger partial charge in [-0.2, -0.15) is 0 Å². The summed E-state index contributed by atoms with van der Waals surface area (Å²) >= 11 is 0. The van der Waals surface area contributed by atoms with Crippen molar-refractivity contribution in [3.63, 3.8) is 0 Å². The van der Waals surface area contributed by atoms with Crippen molar-refractivity contribution in [2.24, 2.45) is 0 Å². The molecule has 1 saturated heterocycles. The third-order valence-electron chi connectivity index (χ3n) is 5.75. The van der Waals surface area contributed by atoms with Gasteiger partial charge in [-0.05, 0) is 72.3 Å². The number of rotatable bonds is 2. The zero-order valence-electron chi connectivity index (χ0n) is 18.9. The van der Waals surface area contributed by atoms with Gasteiger partial charge in [-0.15, -0.1) is 10.2 Å². The fraction of sp³-hybridized carbons (Fsp3) is 0.591. The molecular formula is C22H35N7O2. The summed E-state index contributed by atoms with van der Waals surface area (Å²) in [4.78, 5) is 26.7. The molecule has 0 unspecified atom stereocenters. The lowest BCUT2D eigenvalue weighted by atomic mass is 10.1. The Morgan fingerprint density at radius 3 is 2.48 bits per heavy atom. The molecular weight excluding hydrogens is 394 g/mol. The van der Waals surface area contributed by atoms with Gasteiger partial charge in [0, 0.05) is 18.2 Å². The maximum absolute atomic E-state index is 8.81. The van der Waals surface area contributed by atoms with Crippen molar-refractivity contribution in [1.82, 2.24) is 34.8 Å². The second kappa shape index (κ2) is 12.9. The van der Waals surface area contributed by atoms with Gasteiger partial charge in [-0.25, -0.2) is 4.98 Å². The van der Waals surface area contributed by atoms with E-state index in [1.165, 1.54) is 52.1 Å². The van der Waals surface area contributed by atoms with Crippen LogP contribution in [0.25, 0.3) is 16.8 Å². The molecule has 0 bridgehead atoms. The number of H-pyrrole nitrogens is 1. The third kappa shape index (κ3) is 6.41. The van der Waals surface area contributed by atoms with Crippen LogP contribution in [0.5, 0.6) is 0 Å². The number of aromatic nitrogens is 5. The summed E-state index contributed by atoms with van der Waals surface area (Å²) in [6.45, 7) is 6.08. The van der Waals surface area contributed by atoms with Gasteiger partial charge in [-0.1, -0.05) is 6.42 Å². The molecule has 2 fully saturated rings. The minimum absolute atomic E-state index is 0.480. The fourth-order valence-corrected chi connectivity index (χ4v) is 4.19. The Hall–Kier alpha value is -2.65. The van der Waals surface area contributed by atoms with E-state index in [2.05, 4.69) is 41.8 Å². The summed E-state index contributed by atoms with van der Waals surface area (Å²) in [6, 6.07) is 2.63. The number of likely N-dealkylation sites (tertiary alicyclic amines) is 1. The van der Waals surface area contributed by atoms with E-state index in [1.807, 2.05) is 26.1 Å². The molecule has 0 radical (unpaired) electrons. The highest BCUT2D eigenvalue weighted by molar-refractivity contribution is 5.74. The predicted octanol–water partition coefficient (Wildman–Crippen LogP) is 2.58. The van der Waals surface area contributed by atoms with Gasteiger partial charge in [0.15, 0.2) is 11.3 Å². The summed E-state index contributed by atoms with van der Waals surface area (Å²) in [5, 5.41) is 12.0. The number of piperidine rings is 1. The SMILES string of the molecule is C=O.CC=O.CN1CCCCC1.CN[C@H]1CC[C@@H](c2nnc3cnc4[nH]ccc4n23)C1. The number of aromatic amines is 1. The first-order valence-electron chi connectivity index (χ1n) is 10.9. The fourth-order valence-electron chi connectivity index (χ4n) is 4.19. The highest BCUT2D eigenvalue weighted by Crippen LogP contribution is 2.34. The van der Waals surface area contributed by atoms with Crippen LogP contribution >= 0.6 is 0 Å². The van der Waals surface area contributed by atoms with E-state index in [0.717, 1.165) is 35.3 Å². The maximum Gasteiger partial charge on any atom is 0.179 e. The number of carbonyl (C=O) groups is 2. The topological polar surface area (TPSA) is 108 Å². The highest BCUT2D eigenvalue weighted by atomic mass is 16.1. The van der Waals surface area contributed by atoms with E-state index in [9.17, 15) is 0 Å². The minimum atomic E-state index is 0.480. The summed E-state index contributed by atoms with van der Waals surface area (Å²) in [6.07, 6.45) is 12.2. The van der Waals surface area contributed by atoms with Crippen LogP contribution in [0.15, 0.2) is 18.5 Å². The number of carbonyl (C=O) groups excluding carboxylic acids is 2. The molecule has 3 aromatic heterocycles. The number of aldehydes is 1. The second-order valence-corrected chi connectivity index (χ2v) is 7.82. The van der Waals surface area contributed by atoms with Crippen molar-refractivity contribution in [2.75, 3.05) is 27.2 Å². The highest BCUT2D eigenvalue weighted by Gasteiger charge is 2.28. The average Bonchev–Trinajstić information content (AvgIpc) is 3.54. The molecule has 1 saturated carbocycles. The van der Waals surface area contributed by atoms with Crippen molar-refractivity contribution in [1.29, 1.82) is 0 Å². The molecule has 4 heterocycles. The van der Waals surface area contributed by atoms with Gasteiger partial charge in [0.25, 0.3) is 0 Å². The van der Waals surface area contributed by atoms with E-state index in [4.69, 9.17) is 9.59 Å². The molecule has 0 aromatic carbocycles. The lowest BCUT2D eigenvalue weighted by Gasteiger charge is -2.20. The van der Waals surface area contributed by atoms with Crippen molar-refractivity contribution in [2.45, 2.75) is 57.4 Å². The Bertz CT molecular complexity index is 917. The van der Waals surface area contributed by atoms with Crippen LogP contribution in [0.1, 0.15) is 57.2 Å². The van der Waals surface area contributed by atoms with Gasteiger partial charge in [0.1, 0.15) is 18.9 Å². The number of hydrogen-bond acceptors (Lipinski definition) is 7. The van der Waals surface area contributed by atoms with E-state index in [-0.39, 0.29) is 0 Å². The Kier molecular flexibility index (Phi) is 10.3. The number of fused-ring (bicyclic) bond motifs is 3. The first-order valence-corrected chi connectivity index (χ1v) is 10.9. The molecule has 1 aliphatic carbocycles. The Labute approximate surface area is 183 Å². The zero-order chi connectivity index (χ0) is 22.6.